The van der Waals surface area contributed by atoms with Gasteiger partial charge in [-0.1, -0.05) is 55.7 Å². The summed E-state index contributed by atoms with van der Waals surface area (Å²) in [4.78, 5) is 44.8. The Labute approximate surface area is 242 Å². The molecule has 222 valence electrons. The molecule has 1 spiro atoms. The van der Waals surface area contributed by atoms with Gasteiger partial charge in [-0.05, 0) is 98.8 Å². The maximum absolute atomic E-state index is 15.2. The van der Waals surface area contributed by atoms with Crippen LogP contribution in [0.25, 0.3) is 0 Å². The highest BCUT2D eigenvalue weighted by atomic mass is 16.5. The fraction of sp³-hybridized carbons (Fsp3) is 0.686. The van der Waals surface area contributed by atoms with Crippen LogP contribution < -0.4 is 0 Å². The Morgan fingerprint density at radius 2 is 1.57 bits per heavy atom. The molecular formula is C35H52O5. The molecule has 1 N–H and O–H groups in total. The third-order valence-electron chi connectivity index (χ3n) is 9.67. The molecule has 0 radical (unpaired) electrons. The first-order chi connectivity index (χ1) is 18.4. The smallest absolute Gasteiger partial charge is 0.184 e. The van der Waals surface area contributed by atoms with Crippen molar-refractivity contribution in [2.45, 2.75) is 126 Å². The average molecular weight is 553 g/mol. The molecule has 0 amide bonds. The SMILES string of the molecule is CC(C)=CCC[C@]1(C)[C@@H](CC=C(C)C)C[C@]23CC(C(C)(C)O)OC2=C(CC=C(C)C)C(=O)[C@@]1(C(=O)C(C)C)C3=O. The molecule has 1 heterocycles. The molecule has 40 heavy (non-hydrogen) atoms. The lowest BCUT2D eigenvalue weighted by molar-refractivity contribution is -0.178. The first kappa shape index (κ1) is 32.2. The summed E-state index contributed by atoms with van der Waals surface area (Å²) in [6, 6.07) is 0. The van der Waals surface area contributed by atoms with Gasteiger partial charge in [-0.3, -0.25) is 14.4 Å². The van der Waals surface area contributed by atoms with Crippen molar-refractivity contribution in [3.8, 4) is 0 Å². The molecule has 0 aromatic rings. The van der Waals surface area contributed by atoms with E-state index in [0.717, 1.165) is 5.57 Å². The number of allylic oxidation sites excluding steroid dienone is 8. The average Bonchev–Trinajstić information content (AvgIpc) is 3.21. The van der Waals surface area contributed by atoms with E-state index in [1.165, 1.54) is 11.1 Å². The Morgan fingerprint density at radius 3 is 2.08 bits per heavy atom. The molecule has 5 heteroatoms. The van der Waals surface area contributed by atoms with Gasteiger partial charge in [0.1, 0.15) is 11.9 Å². The quantitative estimate of drug-likeness (QED) is 0.223. The van der Waals surface area contributed by atoms with Gasteiger partial charge in [0.2, 0.25) is 0 Å². The highest BCUT2D eigenvalue weighted by molar-refractivity contribution is 6.33. The number of aliphatic hydroxyl groups is 1. The topological polar surface area (TPSA) is 80.7 Å². The molecule has 3 aliphatic rings. The van der Waals surface area contributed by atoms with E-state index < -0.39 is 33.9 Å². The maximum atomic E-state index is 15.2. The summed E-state index contributed by atoms with van der Waals surface area (Å²) in [6.45, 7) is 21.2. The fourth-order valence-corrected chi connectivity index (χ4v) is 7.39. The Hall–Kier alpha value is -2.27. The zero-order valence-electron chi connectivity index (χ0n) is 26.8. The molecule has 5 nitrogen and oxygen atoms in total. The van der Waals surface area contributed by atoms with E-state index in [1.807, 2.05) is 40.7 Å². The molecule has 0 aromatic heterocycles. The molecule has 5 atom stereocenters. The number of hydrogen-bond acceptors (Lipinski definition) is 5. The molecular weight excluding hydrogens is 500 g/mol. The van der Waals surface area contributed by atoms with Crippen molar-refractivity contribution in [1.82, 2.24) is 0 Å². The third-order valence-corrected chi connectivity index (χ3v) is 9.67. The van der Waals surface area contributed by atoms with E-state index in [9.17, 15) is 9.90 Å². The van der Waals surface area contributed by atoms with Gasteiger partial charge in [-0.2, -0.15) is 0 Å². The summed E-state index contributed by atoms with van der Waals surface area (Å²) in [6.07, 6.45) is 8.67. The first-order valence-electron chi connectivity index (χ1n) is 15.0. The van der Waals surface area contributed by atoms with Crippen LogP contribution in [0.3, 0.4) is 0 Å². The molecule has 2 fully saturated rings. The normalized spacial score (nSPS) is 31.5. The van der Waals surface area contributed by atoms with Crippen molar-refractivity contribution >= 4 is 17.3 Å². The summed E-state index contributed by atoms with van der Waals surface area (Å²) in [5.41, 5.74) is -1.16. The summed E-state index contributed by atoms with van der Waals surface area (Å²) in [5, 5.41) is 11.1. The van der Waals surface area contributed by atoms with Crippen LogP contribution in [0.5, 0.6) is 0 Å². The van der Waals surface area contributed by atoms with Crippen molar-refractivity contribution in [2.24, 2.45) is 28.1 Å². The second-order valence-corrected chi connectivity index (χ2v) is 14.4. The lowest BCUT2D eigenvalue weighted by Gasteiger charge is -2.60. The van der Waals surface area contributed by atoms with Crippen LogP contribution in [0.15, 0.2) is 46.3 Å². The number of carbonyl (C=O) groups is 3. The van der Waals surface area contributed by atoms with E-state index in [-0.39, 0.29) is 29.7 Å². The Bertz CT molecular complexity index is 1180. The number of fused-ring (bicyclic) bond motifs is 1. The van der Waals surface area contributed by atoms with E-state index in [4.69, 9.17) is 4.74 Å². The summed E-state index contributed by atoms with van der Waals surface area (Å²) < 4.78 is 6.45. The minimum Gasteiger partial charge on any atom is -0.490 e. The Balaban J connectivity index is 2.45. The van der Waals surface area contributed by atoms with Gasteiger partial charge in [0, 0.05) is 17.9 Å². The van der Waals surface area contributed by atoms with Gasteiger partial charge >= 0.3 is 0 Å². The van der Waals surface area contributed by atoms with Gasteiger partial charge in [0.25, 0.3) is 0 Å². The monoisotopic (exact) mass is 552 g/mol. The molecule has 0 aromatic carbocycles. The van der Waals surface area contributed by atoms with Gasteiger partial charge in [-0.15, -0.1) is 0 Å². The summed E-state index contributed by atoms with van der Waals surface area (Å²) >= 11 is 0. The zero-order valence-corrected chi connectivity index (χ0v) is 26.8. The zero-order chi connectivity index (χ0) is 30.4. The predicted octanol–water partition coefficient (Wildman–Crippen LogP) is 7.64. The first-order valence-corrected chi connectivity index (χ1v) is 15.0. The third kappa shape index (κ3) is 5.12. The van der Waals surface area contributed by atoms with E-state index in [1.54, 1.807) is 27.7 Å². The lowest BCUT2D eigenvalue weighted by atomic mass is 9.38. The number of rotatable bonds is 10. The minimum absolute atomic E-state index is 0.0959. The van der Waals surface area contributed by atoms with Crippen molar-refractivity contribution in [1.29, 1.82) is 0 Å². The van der Waals surface area contributed by atoms with Gasteiger partial charge in [0.15, 0.2) is 22.8 Å². The predicted molar refractivity (Wildman–Crippen MR) is 161 cm³/mol. The van der Waals surface area contributed by atoms with Crippen LogP contribution in [0.2, 0.25) is 0 Å². The summed E-state index contributed by atoms with van der Waals surface area (Å²) in [5.74, 6) is -1.12. The van der Waals surface area contributed by atoms with E-state index in [0.29, 0.717) is 43.4 Å². The highest BCUT2D eigenvalue weighted by Gasteiger charge is 2.78. The second-order valence-electron chi connectivity index (χ2n) is 14.4. The lowest BCUT2D eigenvalue weighted by Crippen LogP contribution is -2.70. The maximum Gasteiger partial charge on any atom is 0.184 e. The molecule has 2 aliphatic carbocycles. The standard InChI is InChI=1S/C35H52O5/c1-21(2)13-12-18-33(11)25(16-14-22(3)4)19-34-20-27(32(9,10)39)40-30(34)26(17-15-23(5)6)29(37)35(33,31(34)38)28(36)24(7)8/h13-15,24-25,27,39H,12,16-20H2,1-11H3/t25-,27?,33+,34-,35-/m0/s1. The number of ketones is 3. The van der Waals surface area contributed by atoms with Gasteiger partial charge in [0.05, 0.1) is 11.0 Å². The fourth-order valence-electron chi connectivity index (χ4n) is 7.39. The van der Waals surface area contributed by atoms with Crippen LogP contribution >= 0.6 is 0 Å². The molecule has 3 rings (SSSR count). The molecule has 2 bridgehead atoms. The second kappa shape index (κ2) is 11.2. The van der Waals surface area contributed by atoms with Crippen LogP contribution in [-0.2, 0) is 19.1 Å². The van der Waals surface area contributed by atoms with Gasteiger partial charge in [-0.25, -0.2) is 0 Å². The highest BCUT2D eigenvalue weighted by Crippen LogP contribution is 2.70. The van der Waals surface area contributed by atoms with Crippen LogP contribution in [-0.4, -0.2) is 34.2 Å². The molecule has 1 aliphatic heterocycles. The van der Waals surface area contributed by atoms with Crippen LogP contribution in [0.4, 0.5) is 0 Å². The minimum atomic E-state index is -1.79. The van der Waals surface area contributed by atoms with Crippen molar-refractivity contribution in [2.75, 3.05) is 0 Å². The van der Waals surface area contributed by atoms with Crippen molar-refractivity contribution in [3.05, 3.63) is 46.3 Å². The van der Waals surface area contributed by atoms with E-state index in [2.05, 4.69) is 26.0 Å². The van der Waals surface area contributed by atoms with Crippen LogP contribution in [0.1, 0.15) is 115 Å². The molecule has 1 saturated heterocycles. The van der Waals surface area contributed by atoms with Gasteiger partial charge < -0.3 is 9.84 Å². The Morgan fingerprint density at radius 1 is 1.00 bits per heavy atom. The number of ether oxygens (including phenoxy) is 1. The largest absolute Gasteiger partial charge is 0.490 e. The number of Topliss-reactive ketones (excluding diaryl/α,β-unsaturated/α-hetero) is 3. The molecule has 1 saturated carbocycles. The van der Waals surface area contributed by atoms with E-state index >= 15 is 9.59 Å². The van der Waals surface area contributed by atoms with Crippen LogP contribution in [0, 0.1) is 28.1 Å². The van der Waals surface area contributed by atoms with Crippen molar-refractivity contribution < 1.29 is 24.2 Å². The summed E-state index contributed by atoms with van der Waals surface area (Å²) in [7, 11) is 0. The Kier molecular flexibility index (Phi) is 9.02. The molecule has 1 unspecified atom stereocenters. The number of carbonyl (C=O) groups excluding carboxylic acids is 3. The van der Waals surface area contributed by atoms with Crippen molar-refractivity contribution in [3.63, 3.8) is 0 Å². The number of hydrogen-bond donors (Lipinski definition) is 1.